The quantitative estimate of drug-likeness (QED) is 0.693. The van der Waals surface area contributed by atoms with Crippen LogP contribution in [0.3, 0.4) is 0 Å². The maximum absolute atomic E-state index is 14.5. The third-order valence-corrected chi connectivity index (χ3v) is 5.70. The predicted molar refractivity (Wildman–Crippen MR) is 123 cm³/mol. The molecule has 1 N–H and O–H groups in total. The lowest BCUT2D eigenvalue weighted by Gasteiger charge is -2.38. The number of fused-ring (bicyclic) bond motifs is 2. The molecule has 5 rings (SSSR count). The van der Waals surface area contributed by atoms with Gasteiger partial charge in [0.05, 0.1) is 29.0 Å². The molecule has 7 nitrogen and oxygen atoms in total. The van der Waals surface area contributed by atoms with Crippen LogP contribution in [0.15, 0.2) is 70.9 Å². The van der Waals surface area contributed by atoms with Gasteiger partial charge in [-0.2, -0.15) is 0 Å². The largest absolute Gasteiger partial charge is 0.355 e. The van der Waals surface area contributed by atoms with E-state index in [0.29, 0.717) is 17.2 Å². The maximum atomic E-state index is 14.5. The van der Waals surface area contributed by atoms with Gasteiger partial charge in [0, 0.05) is 43.9 Å². The Morgan fingerprint density at radius 1 is 1.19 bits per heavy atom. The van der Waals surface area contributed by atoms with Crippen LogP contribution in [0.5, 0.6) is 0 Å². The molecule has 0 radical (unpaired) electrons. The van der Waals surface area contributed by atoms with E-state index in [-0.39, 0.29) is 11.6 Å². The van der Waals surface area contributed by atoms with Gasteiger partial charge < -0.3 is 5.32 Å². The van der Waals surface area contributed by atoms with Crippen LogP contribution in [-0.2, 0) is 6.42 Å². The number of halogens is 1. The molecular weight excluding hydrogens is 407 g/mol. The summed E-state index contributed by atoms with van der Waals surface area (Å²) < 4.78 is 14.5. The molecule has 0 bridgehead atoms. The minimum atomic E-state index is -0.579. The summed E-state index contributed by atoms with van der Waals surface area (Å²) in [5, 5.41) is 7.46. The number of hydrazine groups is 1. The third kappa shape index (κ3) is 3.39. The van der Waals surface area contributed by atoms with E-state index in [1.165, 1.54) is 19.2 Å². The molecule has 0 saturated heterocycles. The SMILES string of the molecule is CNC(=O)c1ccc(C2=CN=C3N=CC(Cc4ccc5ncccc5c4)N3N2C)cc1F. The van der Waals surface area contributed by atoms with Gasteiger partial charge >= 0.3 is 0 Å². The van der Waals surface area contributed by atoms with E-state index in [2.05, 4.69) is 32.4 Å². The highest BCUT2D eigenvalue weighted by molar-refractivity contribution is 5.98. The molecule has 3 aromatic rings. The van der Waals surface area contributed by atoms with Crippen molar-refractivity contribution in [1.82, 2.24) is 20.3 Å². The highest BCUT2D eigenvalue weighted by atomic mass is 19.1. The number of guanidine groups is 1. The number of benzene rings is 2. The fraction of sp³-hybridized carbons (Fsp3) is 0.167. The Labute approximate surface area is 184 Å². The summed E-state index contributed by atoms with van der Waals surface area (Å²) in [6, 6.07) is 14.7. The Balaban J connectivity index is 1.40. The molecule has 160 valence electrons. The van der Waals surface area contributed by atoms with Crippen LogP contribution in [0.4, 0.5) is 4.39 Å². The van der Waals surface area contributed by atoms with Crippen LogP contribution in [0, 0.1) is 5.82 Å². The first-order chi connectivity index (χ1) is 15.5. The smallest absolute Gasteiger partial charge is 0.253 e. The second kappa shape index (κ2) is 7.88. The van der Waals surface area contributed by atoms with Crippen LogP contribution < -0.4 is 5.32 Å². The number of amides is 1. The Morgan fingerprint density at radius 3 is 2.88 bits per heavy atom. The summed E-state index contributed by atoms with van der Waals surface area (Å²) >= 11 is 0. The molecule has 2 aliphatic rings. The Kier molecular flexibility index (Phi) is 4.89. The van der Waals surface area contributed by atoms with Gasteiger partial charge in [-0.3, -0.25) is 14.8 Å². The van der Waals surface area contributed by atoms with Crippen molar-refractivity contribution in [1.29, 1.82) is 0 Å². The highest BCUT2D eigenvalue weighted by Crippen LogP contribution is 2.29. The van der Waals surface area contributed by atoms with Crippen molar-refractivity contribution in [3.63, 3.8) is 0 Å². The molecule has 1 aromatic heterocycles. The van der Waals surface area contributed by atoms with E-state index in [4.69, 9.17) is 0 Å². The number of hydrogen-bond donors (Lipinski definition) is 1. The fourth-order valence-corrected chi connectivity index (χ4v) is 4.08. The number of rotatable bonds is 4. The molecule has 0 spiro atoms. The number of carbonyl (C=O) groups excluding carboxylic acids is 1. The van der Waals surface area contributed by atoms with Crippen LogP contribution in [-0.4, -0.2) is 53.2 Å². The van der Waals surface area contributed by atoms with Gasteiger partial charge in [-0.1, -0.05) is 18.2 Å². The predicted octanol–water partition coefficient (Wildman–Crippen LogP) is 3.25. The first-order valence-corrected chi connectivity index (χ1v) is 10.3. The molecule has 0 fully saturated rings. The lowest BCUT2D eigenvalue weighted by atomic mass is 10.0. The zero-order chi connectivity index (χ0) is 22.2. The summed E-state index contributed by atoms with van der Waals surface area (Å²) in [7, 11) is 3.38. The molecule has 1 amide bonds. The van der Waals surface area contributed by atoms with Crippen molar-refractivity contribution < 1.29 is 9.18 Å². The summed E-state index contributed by atoms with van der Waals surface area (Å²) in [5.74, 6) is -0.449. The first-order valence-electron chi connectivity index (χ1n) is 10.3. The lowest BCUT2D eigenvalue weighted by Crippen LogP contribution is -2.48. The number of nitrogens with one attached hydrogen (secondary N) is 1. The van der Waals surface area contributed by atoms with Gasteiger partial charge in [0.25, 0.3) is 5.91 Å². The number of nitrogens with zero attached hydrogens (tertiary/aromatic N) is 5. The monoisotopic (exact) mass is 428 g/mol. The molecule has 1 atom stereocenters. The lowest BCUT2D eigenvalue weighted by molar-refractivity contribution is 0.0959. The van der Waals surface area contributed by atoms with E-state index >= 15 is 0 Å². The van der Waals surface area contributed by atoms with E-state index < -0.39 is 11.7 Å². The van der Waals surface area contributed by atoms with Gasteiger partial charge in [0.15, 0.2) is 0 Å². The molecule has 2 aromatic carbocycles. The normalized spacial score (nSPS) is 17.3. The summed E-state index contributed by atoms with van der Waals surface area (Å²) in [5.41, 5.74) is 3.47. The highest BCUT2D eigenvalue weighted by Gasteiger charge is 2.33. The molecule has 0 saturated carbocycles. The zero-order valence-electron chi connectivity index (χ0n) is 17.7. The molecule has 0 aliphatic carbocycles. The zero-order valence-corrected chi connectivity index (χ0v) is 17.7. The summed E-state index contributed by atoms with van der Waals surface area (Å²) in [4.78, 5) is 25.1. The topological polar surface area (TPSA) is 73.2 Å². The second-order valence-corrected chi connectivity index (χ2v) is 7.67. The Morgan fingerprint density at radius 2 is 2.06 bits per heavy atom. The number of carbonyl (C=O) groups is 1. The number of aliphatic imine (C=N–C) groups is 2. The fourth-order valence-electron chi connectivity index (χ4n) is 4.08. The van der Waals surface area contributed by atoms with Gasteiger partial charge in [-0.25, -0.2) is 19.4 Å². The maximum Gasteiger partial charge on any atom is 0.253 e. The number of pyridine rings is 1. The van der Waals surface area contributed by atoms with E-state index in [1.54, 1.807) is 18.5 Å². The minimum Gasteiger partial charge on any atom is -0.355 e. The van der Waals surface area contributed by atoms with Crippen molar-refractivity contribution in [2.75, 3.05) is 14.1 Å². The van der Waals surface area contributed by atoms with Gasteiger partial charge in [-0.05, 0) is 35.9 Å². The van der Waals surface area contributed by atoms with Crippen molar-refractivity contribution in [3.05, 3.63) is 83.4 Å². The van der Waals surface area contributed by atoms with Crippen LogP contribution in [0.25, 0.3) is 16.6 Å². The minimum absolute atomic E-state index is 0.00711. The van der Waals surface area contributed by atoms with E-state index in [9.17, 15) is 9.18 Å². The van der Waals surface area contributed by atoms with Gasteiger partial charge in [0.1, 0.15) is 5.82 Å². The average Bonchev–Trinajstić information content (AvgIpc) is 3.22. The van der Waals surface area contributed by atoms with Crippen LogP contribution in [0.2, 0.25) is 0 Å². The molecular formula is C24H21FN6O. The number of aromatic nitrogens is 1. The first kappa shape index (κ1) is 19.9. The Hall–Kier alpha value is -4.07. The Bertz CT molecular complexity index is 1310. The van der Waals surface area contributed by atoms with E-state index in [0.717, 1.165) is 22.9 Å². The van der Waals surface area contributed by atoms with Crippen LogP contribution in [0.1, 0.15) is 21.5 Å². The molecule has 8 heteroatoms. The molecule has 2 aliphatic heterocycles. The molecule has 3 heterocycles. The van der Waals surface area contributed by atoms with Gasteiger partial charge in [0.2, 0.25) is 5.96 Å². The van der Waals surface area contributed by atoms with Gasteiger partial charge in [-0.15, -0.1) is 0 Å². The van der Waals surface area contributed by atoms with Crippen molar-refractivity contribution in [3.8, 4) is 0 Å². The molecule has 32 heavy (non-hydrogen) atoms. The average molecular weight is 428 g/mol. The van der Waals surface area contributed by atoms with E-state index in [1.807, 2.05) is 41.5 Å². The summed E-state index contributed by atoms with van der Waals surface area (Å²) in [6.45, 7) is 0. The van der Waals surface area contributed by atoms with Crippen molar-refractivity contribution >= 4 is 34.7 Å². The van der Waals surface area contributed by atoms with Crippen molar-refractivity contribution in [2.24, 2.45) is 9.98 Å². The third-order valence-electron chi connectivity index (χ3n) is 5.70. The molecule has 1 unspecified atom stereocenters. The van der Waals surface area contributed by atoms with Crippen LogP contribution >= 0.6 is 0 Å². The number of hydrogen-bond acceptors (Lipinski definition) is 6. The standard InChI is InChI=1S/C24H21FN6O/c1-26-23(32)19-7-6-17(12-20(19)25)22-14-29-24-28-13-18(31(24)30(22)2)11-15-5-8-21-16(10-15)4-3-9-27-21/h3-10,12-14,18H,11H2,1-2H3,(H,26,32). The second-order valence-electron chi connectivity index (χ2n) is 7.67. The summed E-state index contributed by atoms with van der Waals surface area (Å²) in [6.07, 6.45) is 6.07. The van der Waals surface area contributed by atoms with Crippen molar-refractivity contribution in [2.45, 2.75) is 12.5 Å².